The minimum Gasteiger partial charge on any atom is -0.495 e. The van der Waals surface area contributed by atoms with Crippen molar-refractivity contribution in [1.29, 1.82) is 0 Å². The lowest BCUT2D eigenvalue weighted by Crippen LogP contribution is -2.54. The minimum absolute atomic E-state index is 0.163. The highest BCUT2D eigenvalue weighted by Gasteiger charge is 2.35. The first-order valence-corrected chi connectivity index (χ1v) is 10.9. The molecule has 2 atom stereocenters. The number of hydrogen-bond acceptors (Lipinski definition) is 4. The number of hydrogen-bond donors (Lipinski definition) is 1. The lowest BCUT2D eigenvalue weighted by molar-refractivity contribution is -0.0836. The van der Waals surface area contributed by atoms with Crippen LogP contribution in [0.15, 0.2) is 29.3 Å². The van der Waals surface area contributed by atoms with Gasteiger partial charge in [-0.2, -0.15) is 0 Å². The summed E-state index contributed by atoms with van der Waals surface area (Å²) in [6.07, 6.45) is 2.66. The van der Waals surface area contributed by atoms with Crippen molar-refractivity contribution >= 4 is 11.6 Å². The van der Waals surface area contributed by atoms with Crippen molar-refractivity contribution in [3.63, 3.8) is 0 Å². The first kappa shape index (κ1) is 21.8. The molecule has 2 fully saturated rings. The van der Waals surface area contributed by atoms with E-state index in [1.165, 1.54) is 12.1 Å². The molecule has 0 aliphatic carbocycles. The van der Waals surface area contributed by atoms with Gasteiger partial charge in [0, 0.05) is 52.3 Å². The smallest absolute Gasteiger partial charge is 0.193 e. The third kappa shape index (κ3) is 5.35. The molecule has 2 aliphatic rings. The lowest BCUT2D eigenvalue weighted by atomic mass is 9.78. The van der Waals surface area contributed by atoms with Gasteiger partial charge >= 0.3 is 0 Å². The Bertz CT molecular complexity index is 678. The number of ether oxygens (including phenoxy) is 2. The van der Waals surface area contributed by atoms with Crippen LogP contribution in [0.1, 0.15) is 33.6 Å². The van der Waals surface area contributed by atoms with Gasteiger partial charge in [-0.15, -0.1) is 0 Å². The Morgan fingerprint density at radius 2 is 1.93 bits per heavy atom. The zero-order valence-corrected chi connectivity index (χ0v) is 18.8. The second-order valence-electron chi connectivity index (χ2n) is 9.13. The molecule has 0 amide bonds. The van der Waals surface area contributed by atoms with Gasteiger partial charge in [-0.3, -0.25) is 4.99 Å². The summed E-state index contributed by atoms with van der Waals surface area (Å²) < 4.78 is 11.7. The van der Waals surface area contributed by atoms with E-state index in [1.807, 2.05) is 19.2 Å². The predicted molar refractivity (Wildman–Crippen MR) is 120 cm³/mol. The fourth-order valence-electron chi connectivity index (χ4n) is 4.61. The maximum absolute atomic E-state index is 6.14. The lowest BCUT2D eigenvalue weighted by Gasteiger charge is -2.41. The number of aliphatic imine (C=N–C) groups is 1. The number of methoxy groups -OCH3 is 1. The summed E-state index contributed by atoms with van der Waals surface area (Å²) in [4.78, 5) is 9.32. The molecule has 0 spiro atoms. The Kier molecular flexibility index (Phi) is 7.28. The number of benzene rings is 1. The number of rotatable bonds is 4. The van der Waals surface area contributed by atoms with Crippen molar-refractivity contribution in [3.05, 3.63) is 24.3 Å². The molecule has 3 rings (SSSR count). The van der Waals surface area contributed by atoms with Gasteiger partial charge < -0.3 is 24.6 Å². The molecule has 162 valence electrons. The fraction of sp³-hybridized carbons (Fsp3) is 0.696. The van der Waals surface area contributed by atoms with E-state index in [2.05, 4.69) is 53.0 Å². The summed E-state index contributed by atoms with van der Waals surface area (Å²) in [5.41, 5.74) is 1.33. The molecule has 6 heteroatoms. The summed E-state index contributed by atoms with van der Waals surface area (Å²) in [5, 5.41) is 3.64. The standard InChI is InChI=1S/C23H38N4O2/c1-23(2,3)21-18(9-8-16-29-21)17-25-22(24-4)27-14-12-26(13-15-27)19-10-6-7-11-20(19)28-5/h6-7,10-11,18,21H,8-9,12-17H2,1-5H3,(H,24,25). The van der Waals surface area contributed by atoms with Crippen LogP contribution in [0.4, 0.5) is 5.69 Å². The van der Waals surface area contributed by atoms with E-state index in [9.17, 15) is 0 Å². The monoisotopic (exact) mass is 402 g/mol. The largest absolute Gasteiger partial charge is 0.495 e. The Morgan fingerprint density at radius 1 is 1.21 bits per heavy atom. The summed E-state index contributed by atoms with van der Waals surface area (Å²) in [7, 11) is 3.62. The average Bonchev–Trinajstić information content (AvgIpc) is 2.74. The van der Waals surface area contributed by atoms with Gasteiger partial charge in [0.2, 0.25) is 0 Å². The van der Waals surface area contributed by atoms with Gasteiger partial charge in [-0.1, -0.05) is 32.9 Å². The first-order chi connectivity index (χ1) is 13.9. The van der Waals surface area contributed by atoms with Crippen molar-refractivity contribution in [3.8, 4) is 5.75 Å². The van der Waals surface area contributed by atoms with Crippen LogP contribution in [-0.2, 0) is 4.74 Å². The molecule has 0 radical (unpaired) electrons. The van der Waals surface area contributed by atoms with Gasteiger partial charge in [-0.25, -0.2) is 0 Å². The fourth-order valence-corrected chi connectivity index (χ4v) is 4.61. The molecule has 0 aromatic heterocycles. The number of nitrogens with zero attached hydrogens (tertiary/aromatic N) is 3. The molecule has 1 aromatic carbocycles. The molecular weight excluding hydrogens is 364 g/mol. The highest BCUT2D eigenvalue weighted by Crippen LogP contribution is 2.33. The minimum atomic E-state index is 0.163. The highest BCUT2D eigenvalue weighted by molar-refractivity contribution is 5.80. The Balaban J connectivity index is 1.55. The molecule has 2 saturated heterocycles. The highest BCUT2D eigenvalue weighted by atomic mass is 16.5. The van der Waals surface area contributed by atoms with E-state index in [4.69, 9.17) is 9.47 Å². The van der Waals surface area contributed by atoms with Crippen LogP contribution in [0.2, 0.25) is 0 Å². The molecule has 6 nitrogen and oxygen atoms in total. The molecular formula is C23H38N4O2. The molecule has 2 aliphatic heterocycles. The second kappa shape index (κ2) is 9.70. The SMILES string of the molecule is CN=C(NCC1CCCOC1C(C)(C)C)N1CCN(c2ccccc2OC)CC1. The quantitative estimate of drug-likeness (QED) is 0.619. The van der Waals surface area contributed by atoms with Crippen LogP contribution in [0.5, 0.6) is 5.75 Å². The van der Waals surface area contributed by atoms with Crippen LogP contribution in [0.25, 0.3) is 0 Å². The number of piperazine rings is 1. The van der Waals surface area contributed by atoms with Gasteiger partial charge in [0.25, 0.3) is 0 Å². The zero-order valence-electron chi connectivity index (χ0n) is 18.8. The van der Waals surface area contributed by atoms with E-state index < -0.39 is 0 Å². The van der Waals surface area contributed by atoms with Crippen LogP contribution in [0, 0.1) is 11.3 Å². The van der Waals surface area contributed by atoms with Gasteiger partial charge in [-0.05, 0) is 30.4 Å². The first-order valence-electron chi connectivity index (χ1n) is 10.9. The van der Waals surface area contributed by atoms with Crippen LogP contribution < -0.4 is 15.0 Å². The molecule has 29 heavy (non-hydrogen) atoms. The molecule has 0 bridgehead atoms. The maximum Gasteiger partial charge on any atom is 0.193 e. The molecule has 1 N–H and O–H groups in total. The van der Waals surface area contributed by atoms with Crippen molar-refractivity contribution in [1.82, 2.24) is 10.2 Å². The van der Waals surface area contributed by atoms with Crippen LogP contribution in [0.3, 0.4) is 0 Å². The molecule has 2 heterocycles. The number of nitrogens with one attached hydrogen (secondary N) is 1. The normalized spacial score (nSPS) is 23.8. The Morgan fingerprint density at radius 3 is 2.59 bits per heavy atom. The summed E-state index contributed by atoms with van der Waals surface area (Å²) in [6.45, 7) is 12.4. The van der Waals surface area contributed by atoms with Gasteiger partial charge in [0.15, 0.2) is 5.96 Å². The Hall–Kier alpha value is -1.95. The molecule has 2 unspecified atom stereocenters. The van der Waals surface area contributed by atoms with E-state index in [-0.39, 0.29) is 5.41 Å². The summed E-state index contributed by atoms with van der Waals surface area (Å²) in [6, 6.07) is 8.25. The third-order valence-electron chi connectivity index (χ3n) is 6.04. The van der Waals surface area contributed by atoms with Crippen molar-refractivity contribution < 1.29 is 9.47 Å². The average molecular weight is 403 g/mol. The van der Waals surface area contributed by atoms with E-state index in [0.29, 0.717) is 12.0 Å². The summed E-state index contributed by atoms with van der Waals surface area (Å²) in [5.74, 6) is 2.47. The van der Waals surface area contributed by atoms with E-state index in [0.717, 1.165) is 57.5 Å². The van der Waals surface area contributed by atoms with E-state index >= 15 is 0 Å². The molecule has 1 aromatic rings. The number of para-hydroxylation sites is 2. The van der Waals surface area contributed by atoms with Crippen LogP contribution in [-0.4, -0.2) is 70.5 Å². The van der Waals surface area contributed by atoms with Gasteiger partial charge in [0.1, 0.15) is 5.75 Å². The molecule has 0 saturated carbocycles. The zero-order chi connectivity index (χ0) is 20.9. The van der Waals surface area contributed by atoms with Crippen molar-refractivity contribution in [2.24, 2.45) is 16.3 Å². The van der Waals surface area contributed by atoms with Crippen LogP contribution >= 0.6 is 0 Å². The Labute approximate surface area is 176 Å². The number of guanidine groups is 1. The topological polar surface area (TPSA) is 49.3 Å². The summed E-state index contributed by atoms with van der Waals surface area (Å²) >= 11 is 0. The van der Waals surface area contributed by atoms with Gasteiger partial charge in [0.05, 0.1) is 18.9 Å². The third-order valence-corrected chi connectivity index (χ3v) is 6.04. The van der Waals surface area contributed by atoms with E-state index in [1.54, 1.807) is 7.11 Å². The number of anilines is 1. The van der Waals surface area contributed by atoms with Crippen molar-refractivity contribution in [2.75, 3.05) is 58.4 Å². The second-order valence-corrected chi connectivity index (χ2v) is 9.13. The predicted octanol–water partition coefficient (Wildman–Crippen LogP) is 3.23. The van der Waals surface area contributed by atoms with Crippen molar-refractivity contribution in [2.45, 2.75) is 39.7 Å². The maximum atomic E-state index is 6.14.